The van der Waals surface area contributed by atoms with Gasteiger partial charge >= 0.3 is 0 Å². The second-order valence-electron chi connectivity index (χ2n) is 6.50. The van der Waals surface area contributed by atoms with E-state index in [1.807, 2.05) is 17.9 Å². The Bertz CT molecular complexity index is 516. The number of carbonyl (C=O) groups excluding carboxylic acids is 1. The van der Waals surface area contributed by atoms with Gasteiger partial charge in [0.2, 0.25) is 5.91 Å². The first-order valence-electron chi connectivity index (χ1n) is 8.19. The molecule has 5 nitrogen and oxygen atoms in total. The second kappa shape index (κ2) is 5.79. The van der Waals surface area contributed by atoms with Gasteiger partial charge in [-0.15, -0.1) is 0 Å². The summed E-state index contributed by atoms with van der Waals surface area (Å²) in [6.07, 6.45) is 8.12. The Hall–Kier alpha value is -1.36. The highest BCUT2D eigenvalue weighted by molar-refractivity contribution is 5.83. The highest BCUT2D eigenvalue weighted by Crippen LogP contribution is 2.34. The highest BCUT2D eigenvalue weighted by atomic mass is 16.2. The molecule has 1 aliphatic carbocycles. The number of hydrogen-bond donors (Lipinski definition) is 2. The minimum absolute atomic E-state index is 0.139. The van der Waals surface area contributed by atoms with Gasteiger partial charge in [0.25, 0.3) is 0 Å². The summed E-state index contributed by atoms with van der Waals surface area (Å²) in [5, 5.41) is 11.1. The van der Waals surface area contributed by atoms with Crippen LogP contribution in [0.4, 0.5) is 0 Å². The topological polar surface area (TPSA) is 59.0 Å². The van der Waals surface area contributed by atoms with Crippen LogP contribution < -0.4 is 10.6 Å². The largest absolute Gasteiger partial charge is 0.349 e. The molecule has 1 aromatic heterocycles. The fraction of sp³-hybridized carbons (Fsp3) is 0.750. The average Bonchev–Trinajstić information content (AvgIpc) is 2.90. The molecule has 2 unspecified atom stereocenters. The first kappa shape index (κ1) is 14.6. The van der Waals surface area contributed by atoms with Gasteiger partial charge in [0.1, 0.15) is 0 Å². The van der Waals surface area contributed by atoms with E-state index < -0.39 is 0 Å². The highest BCUT2D eigenvalue weighted by Gasteiger charge is 2.39. The summed E-state index contributed by atoms with van der Waals surface area (Å²) in [4.78, 5) is 12.9. The molecule has 1 amide bonds. The molecule has 0 spiro atoms. The number of nitrogens with one attached hydrogen (secondary N) is 2. The van der Waals surface area contributed by atoms with Crippen LogP contribution in [0.5, 0.6) is 0 Å². The summed E-state index contributed by atoms with van der Waals surface area (Å²) in [7, 11) is 1.99. The van der Waals surface area contributed by atoms with Crippen molar-refractivity contribution in [3.05, 3.63) is 17.5 Å². The van der Waals surface area contributed by atoms with Crippen LogP contribution in [0, 0.1) is 5.41 Å². The number of aromatic nitrogens is 2. The van der Waals surface area contributed by atoms with Crippen LogP contribution in [0.15, 0.2) is 6.20 Å². The molecule has 116 valence electrons. The van der Waals surface area contributed by atoms with E-state index in [-0.39, 0.29) is 17.4 Å². The maximum atomic E-state index is 12.9. The van der Waals surface area contributed by atoms with Crippen molar-refractivity contribution in [2.75, 3.05) is 13.1 Å². The Kier molecular flexibility index (Phi) is 4.02. The molecule has 2 heterocycles. The van der Waals surface area contributed by atoms with Crippen LogP contribution in [0.3, 0.4) is 0 Å². The molecule has 1 aromatic rings. The van der Waals surface area contributed by atoms with E-state index in [4.69, 9.17) is 0 Å². The van der Waals surface area contributed by atoms with Crippen LogP contribution in [-0.4, -0.2) is 28.8 Å². The van der Waals surface area contributed by atoms with Gasteiger partial charge in [-0.05, 0) is 45.1 Å². The summed E-state index contributed by atoms with van der Waals surface area (Å²) < 4.78 is 1.95. The summed E-state index contributed by atoms with van der Waals surface area (Å²) in [6, 6.07) is 0.139. The quantitative estimate of drug-likeness (QED) is 0.890. The Morgan fingerprint density at radius 3 is 3.14 bits per heavy atom. The van der Waals surface area contributed by atoms with E-state index in [0.717, 1.165) is 51.6 Å². The van der Waals surface area contributed by atoms with E-state index >= 15 is 0 Å². The van der Waals surface area contributed by atoms with Crippen LogP contribution in [-0.2, 0) is 18.3 Å². The van der Waals surface area contributed by atoms with Crippen LogP contribution in [0.1, 0.15) is 56.3 Å². The Morgan fingerprint density at radius 2 is 2.43 bits per heavy atom. The van der Waals surface area contributed by atoms with Gasteiger partial charge < -0.3 is 10.6 Å². The van der Waals surface area contributed by atoms with Gasteiger partial charge in [0, 0.05) is 24.8 Å². The lowest BCUT2D eigenvalue weighted by Gasteiger charge is -2.37. The Morgan fingerprint density at radius 1 is 1.57 bits per heavy atom. The normalized spacial score (nSPS) is 29.0. The van der Waals surface area contributed by atoms with E-state index in [0.29, 0.717) is 0 Å². The van der Waals surface area contributed by atoms with Crippen LogP contribution in [0.2, 0.25) is 0 Å². The standard InChI is InChI=1S/C16H26N4O/c1-3-16(8-5-9-17-11-16)15(21)19-13-6-4-7-14-12(13)10-18-20(14)2/h10,13,17H,3-9,11H2,1-2H3,(H,19,21). The van der Waals surface area contributed by atoms with E-state index in [1.165, 1.54) is 11.3 Å². The van der Waals surface area contributed by atoms with Crippen molar-refractivity contribution in [1.82, 2.24) is 20.4 Å². The van der Waals surface area contributed by atoms with Crippen LogP contribution >= 0.6 is 0 Å². The Labute approximate surface area is 126 Å². The van der Waals surface area contributed by atoms with Crippen molar-refractivity contribution in [1.29, 1.82) is 0 Å². The number of hydrogen-bond acceptors (Lipinski definition) is 3. The predicted octanol–water partition coefficient (Wildman–Crippen LogP) is 1.69. The summed E-state index contributed by atoms with van der Waals surface area (Å²) in [5.41, 5.74) is 2.27. The first-order chi connectivity index (χ1) is 10.2. The van der Waals surface area contributed by atoms with E-state index in [9.17, 15) is 4.79 Å². The number of fused-ring (bicyclic) bond motifs is 1. The van der Waals surface area contributed by atoms with Crippen molar-refractivity contribution >= 4 is 5.91 Å². The minimum atomic E-state index is -0.224. The second-order valence-corrected chi connectivity index (χ2v) is 6.50. The molecule has 1 aliphatic heterocycles. The van der Waals surface area contributed by atoms with E-state index in [2.05, 4.69) is 22.7 Å². The number of amides is 1. The zero-order chi connectivity index (χ0) is 14.9. The molecule has 2 atom stereocenters. The molecule has 2 aliphatic rings. The first-order valence-corrected chi connectivity index (χ1v) is 8.19. The third-order valence-electron chi connectivity index (χ3n) is 5.31. The third-order valence-corrected chi connectivity index (χ3v) is 5.31. The molecular formula is C16H26N4O. The zero-order valence-electron chi connectivity index (χ0n) is 13.1. The van der Waals surface area contributed by atoms with E-state index in [1.54, 1.807) is 0 Å². The lowest BCUT2D eigenvalue weighted by Crippen LogP contribution is -2.51. The lowest BCUT2D eigenvalue weighted by atomic mass is 9.77. The SMILES string of the molecule is CCC1(C(=O)NC2CCCc3c2cnn3C)CCCNC1. The van der Waals surface area contributed by atoms with Crippen molar-refractivity contribution < 1.29 is 4.79 Å². The molecule has 2 N–H and O–H groups in total. The van der Waals surface area contributed by atoms with Crippen molar-refractivity contribution in [3.8, 4) is 0 Å². The van der Waals surface area contributed by atoms with Gasteiger partial charge in [-0.25, -0.2) is 0 Å². The van der Waals surface area contributed by atoms with Gasteiger partial charge in [-0.3, -0.25) is 9.48 Å². The number of nitrogens with zero attached hydrogens (tertiary/aromatic N) is 2. The molecule has 0 bridgehead atoms. The molecule has 1 fully saturated rings. The smallest absolute Gasteiger partial charge is 0.227 e. The third kappa shape index (κ3) is 2.59. The number of rotatable bonds is 3. The van der Waals surface area contributed by atoms with Gasteiger partial charge in [0.05, 0.1) is 17.7 Å². The molecule has 21 heavy (non-hydrogen) atoms. The Balaban J connectivity index is 1.76. The zero-order valence-corrected chi connectivity index (χ0v) is 13.1. The summed E-state index contributed by atoms with van der Waals surface area (Å²) in [5.74, 6) is 0.221. The number of piperidine rings is 1. The fourth-order valence-electron chi connectivity index (χ4n) is 3.79. The van der Waals surface area contributed by atoms with Crippen molar-refractivity contribution in [2.45, 2.75) is 51.5 Å². The predicted molar refractivity (Wildman–Crippen MR) is 81.9 cm³/mol. The minimum Gasteiger partial charge on any atom is -0.349 e. The summed E-state index contributed by atoms with van der Waals surface area (Å²) >= 11 is 0. The maximum Gasteiger partial charge on any atom is 0.227 e. The van der Waals surface area contributed by atoms with Gasteiger partial charge in [0.15, 0.2) is 0 Å². The maximum absolute atomic E-state index is 12.9. The van der Waals surface area contributed by atoms with Gasteiger partial charge in [-0.1, -0.05) is 6.92 Å². The molecule has 5 heteroatoms. The number of aryl methyl sites for hydroxylation is 1. The molecule has 0 aromatic carbocycles. The summed E-state index contributed by atoms with van der Waals surface area (Å²) in [6.45, 7) is 3.97. The van der Waals surface area contributed by atoms with Crippen LogP contribution in [0.25, 0.3) is 0 Å². The molecule has 0 saturated carbocycles. The molecule has 1 saturated heterocycles. The molecular weight excluding hydrogens is 264 g/mol. The average molecular weight is 290 g/mol. The van der Waals surface area contributed by atoms with Gasteiger partial charge in [-0.2, -0.15) is 5.10 Å². The van der Waals surface area contributed by atoms with Crippen molar-refractivity contribution in [2.24, 2.45) is 12.5 Å². The lowest BCUT2D eigenvalue weighted by molar-refractivity contribution is -0.133. The monoisotopic (exact) mass is 290 g/mol. The molecule has 0 radical (unpaired) electrons. The van der Waals surface area contributed by atoms with Crippen molar-refractivity contribution in [3.63, 3.8) is 0 Å². The molecule has 3 rings (SSSR count). The fourth-order valence-corrected chi connectivity index (χ4v) is 3.79. The number of carbonyl (C=O) groups is 1.